The molecule has 0 bridgehead atoms. The summed E-state index contributed by atoms with van der Waals surface area (Å²) in [5.74, 6) is -0.105. The molecule has 0 radical (unpaired) electrons. The van der Waals surface area contributed by atoms with Crippen LogP contribution in [0.4, 0.5) is 17.1 Å². The van der Waals surface area contributed by atoms with Crippen molar-refractivity contribution in [1.29, 1.82) is 0 Å². The van der Waals surface area contributed by atoms with Gasteiger partial charge in [-0.25, -0.2) is 4.98 Å². The summed E-state index contributed by atoms with van der Waals surface area (Å²) in [6, 6.07) is 32.4. The minimum absolute atomic E-state index is 0.0716. The Bertz CT molecular complexity index is 3880. The van der Waals surface area contributed by atoms with Gasteiger partial charge in [-0.1, -0.05) is 127 Å². The molecule has 0 N–H and O–H groups in total. The number of rotatable bonds is 6. The van der Waals surface area contributed by atoms with Gasteiger partial charge in [-0.2, -0.15) is 0 Å². The van der Waals surface area contributed by atoms with Gasteiger partial charge < -0.3 is 13.7 Å². The number of fused-ring (bicyclic) bond motifs is 6. The van der Waals surface area contributed by atoms with Crippen molar-refractivity contribution in [2.24, 2.45) is 0 Å². The van der Waals surface area contributed by atoms with Crippen molar-refractivity contribution in [3.05, 3.63) is 194 Å². The van der Waals surface area contributed by atoms with Gasteiger partial charge in [0, 0.05) is 33.1 Å². The third-order valence-corrected chi connectivity index (χ3v) is 9.81. The number of oxazole rings is 1. The normalized spacial score (nSPS) is 14.7. The smallest absolute Gasteiger partial charge is 0.227 e. The molecule has 4 nitrogen and oxygen atoms in total. The molecule has 0 aliphatic heterocycles. The monoisotopic (exact) mass is 716 g/mol. The first kappa shape index (κ1) is 21.3. The van der Waals surface area contributed by atoms with Gasteiger partial charge >= 0.3 is 0 Å². The zero-order chi connectivity index (χ0) is 46.7. The summed E-state index contributed by atoms with van der Waals surface area (Å²) in [5.41, 5.74) is 5.73. The standard InChI is InChI=1S/C51H32N2O2/c1-3-11-33(12-4-1)35-19-24-41(25-20-35)53(42-26-21-34-13-7-8-16-37(34)29-42)49-43-18-10-9-17-40(43)30-45-44-27-22-39(32-48(44)54-50(45)49)38-23-28-47-46(31-38)52-51(55-47)36-14-5-2-6-15-36/h1-32H/i2D,5D,6D,7D,8D,13D,14D,15D,16D,21D,26D,29D. The van der Waals surface area contributed by atoms with Crippen LogP contribution in [0.3, 0.4) is 0 Å². The summed E-state index contributed by atoms with van der Waals surface area (Å²) in [7, 11) is 0. The van der Waals surface area contributed by atoms with Crippen molar-refractivity contribution in [2.75, 3.05) is 4.90 Å². The van der Waals surface area contributed by atoms with Crippen LogP contribution in [0.15, 0.2) is 203 Å². The summed E-state index contributed by atoms with van der Waals surface area (Å²) < 4.78 is 117. The van der Waals surface area contributed by atoms with Crippen LogP contribution < -0.4 is 4.90 Å². The largest absolute Gasteiger partial charge is 0.454 e. The topological polar surface area (TPSA) is 42.4 Å². The summed E-state index contributed by atoms with van der Waals surface area (Å²) in [6.07, 6.45) is 0. The Morgan fingerprint density at radius 3 is 2.05 bits per heavy atom. The summed E-state index contributed by atoms with van der Waals surface area (Å²) in [5, 5.41) is 2.57. The molecule has 9 aromatic carbocycles. The van der Waals surface area contributed by atoms with E-state index in [4.69, 9.17) is 21.2 Å². The van der Waals surface area contributed by atoms with E-state index >= 15 is 0 Å². The molecule has 0 saturated heterocycles. The molecule has 4 heteroatoms. The Morgan fingerprint density at radius 1 is 0.455 bits per heavy atom. The minimum Gasteiger partial charge on any atom is -0.454 e. The second-order valence-electron chi connectivity index (χ2n) is 13.1. The molecule has 0 aliphatic rings. The Labute approximate surface area is 334 Å². The van der Waals surface area contributed by atoms with Crippen molar-refractivity contribution < 1.29 is 25.3 Å². The lowest BCUT2D eigenvalue weighted by molar-refractivity contribution is 0.620. The first-order valence-corrected chi connectivity index (χ1v) is 17.5. The fourth-order valence-electron chi connectivity index (χ4n) is 7.21. The van der Waals surface area contributed by atoms with Gasteiger partial charge in [-0.05, 0) is 105 Å². The first-order valence-electron chi connectivity index (χ1n) is 23.5. The molecule has 0 aliphatic carbocycles. The van der Waals surface area contributed by atoms with Gasteiger partial charge in [0.15, 0.2) is 11.2 Å². The molecule has 0 saturated carbocycles. The Kier molecular flexibility index (Phi) is 4.89. The zero-order valence-corrected chi connectivity index (χ0v) is 28.8. The van der Waals surface area contributed by atoms with Crippen LogP contribution in [0, 0.1) is 0 Å². The number of anilines is 3. The first-order chi connectivity index (χ1) is 32.2. The second kappa shape index (κ2) is 12.6. The maximum atomic E-state index is 9.71. The lowest BCUT2D eigenvalue weighted by Gasteiger charge is -2.27. The van der Waals surface area contributed by atoms with Crippen molar-refractivity contribution in [3.8, 4) is 33.7 Å². The number of nitrogens with zero attached hydrogens (tertiary/aromatic N) is 2. The molecule has 258 valence electrons. The SMILES string of the molecule is [2H]c1c([2H])c([2H])c(-c2nc3cc(-c4ccc5c(c4)oc4c(N(c6ccc(-c7ccccc7)cc6)c6c([2H])c([2H])c7c([2H])c([2H])c([2H])c([2H])c7c6[2H])c6ccccc6cc45)ccc3o2)c([2H])c1[2H]. The highest BCUT2D eigenvalue weighted by molar-refractivity contribution is 6.19. The van der Waals surface area contributed by atoms with E-state index < -0.39 is 66.5 Å². The third-order valence-electron chi connectivity index (χ3n) is 9.81. The molecule has 0 amide bonds. The Balaban J connectivity index is 1.14. The average Bonchev–Trinajstić information content (AvgIpc) is 3.94. The highest BCUT2D eigenvalue weighted by Crippen LogP contribution is 2.47. The van der Waals surface area contributed by atoms with E-state index in [1.807, 2.05) is 109 Å². The molecular weight excluding hydrogens is 673 g/mol. The Morgan fingerprint density at radius 2 is 1.18 bits per heavy atom. The highest BCUT2D eigenvalue weighted by Gasteiger charge is 2.23. The van der Waals surface area contributed by atoms with Crippen LogP contribution in [-0.4, -0.2) is 4.98 Å². The van der Waals surface area contributed by atoms with Crippen LogP contribution in [0.5, 0.6) is 0 Å². The lowest BCUT2D eigenvalue weighted by Crippen LogP contribution is -2.11. The second-order valence-corrected chi connectivity index (χ2v) is 13.1. The van der Waals surface area contributed by atoms with Gasteiger partial charge in [0.05, 0.1) is 22.1 Å². The fourth-order valence-corrected chi connectivity index (χ4v) is 7.21. The van der Waals surface area contributed by atoms with Gasteiger partial charge in [0.1, 0.15) is 11.1 Å². The molecule has 0 unspecified atom stereocenters. The van der Waals surface area contributed by atoms with Crippen LogP contribution in [0.25, 0.3) is 88.3 Å². The number of furan rings is 1. The highest BCUT2D eigenvalue weighted by atomic mass is 16.3. The number of hydrogen-bond donors (Lipinski definition) is 0. The average molecular weight is 717 g/mol. The Hall–Kier alpha value is -7.43. The van der Waals surface area contributed by atoms with Gasteiger partial charge in [0.2, 0.25) is 5.89 Å². The van der Waals surface area contributed by atoms with Crippen molar-refractivity contribution in [1.82, 2.24) is 4.98 Å². The zero-order valence-electron chi connectivity index (χ0n) is 40.8. The molecule has 11 aromatic rings. The van der Waals surface area contributed by atoms with E-state index in [9.17, 15) is 4.11 Å². The molecule has 0 spiro atoms. The summed E-state index contributed by atoms with van der Waals surface area (Å²) >= 11 is 0. The van der Waals surface area contributed by atoms with E-state index in [1.54, 1.807) is 17.0 Å². The van der Waals surface area contributed by atoms with Gasteiger partial charge in [0.25, 0.3) is 0 Å². The molecule has 0 fully saturated rings. The molecule has 11 rings (SSSR count). The number of aromatic nitrogens is 1. The molecule has 55 heavy (non-hydrogen) atoms. The molecule has 0 atom stereocenters. The van der Waals surface area contributed by atoms with Crippen molar-refractivity contribution in [2.45, 2.75) is 0 Å². The van der Waals surface area contributed by atoms with Crippen molar-refractivity contribution in [3.63, 3.8) is 0 Å². The van der Waals surface area contributed by atoms with E-state index in [2.05, 4.69) is 4.98 Å². The van der Waals surface area contributed by atoms with Crippen LogP contribution >= 0.6 is 0 Å². The third kappa shape index (κ3) is 5.34. The van der Waals surface area contributed by atoms with E-state index in [0.29, 0.717) is 44.4 Å². The van der Waals surface area contributed by atoms with Crippen LogP contribution in [0.1, 0.15) is 16.4 Å². The van der Waals surface area contributed by atoms with Crippen LogP contribution in [0.2, 0.25) is 0 Å². The van der Waals surface area contributed by atoms with Gasteiger partial charge in [-0.3, -0.25) is 0 Å². The van der Waals surface area contributed by atoms with E-state index in [1.165, 1.54) is 0 Å². The predicted molar refractivity (Wildman–Crippen MR) is 227 cm³/mol. The predicted octanol–water partition coefficient (Wildman–Crippen LogP) is 14.5. The maximum Gasteiger partial charge on any atom is 0.227 e. The number of hydrogen-bond acceptors (Lipinski definition) is 4. The van der Waals surface area contributed by atoms with Crippen LogP contribution in [-0.2, 0) is 0 Å². The molecule has 2 aromatic heterocycles. The molecule has 2 heterocycles. The number of benzene rings is 9. The summed E-state index contributed by atoms with van der Waals surface area (Å²) in [4.78, 5) is 6.24. The van der Waals surface area contributed by atoms with Crippen molar-refractivity contribution >= 4 is 71.6 Å². The minimum atomic E-state index is -0.553. The molecular formula is C51H32N2O2. The maximum absolute atomic E-state index is 9.71. The quantitative estimate of drug-likeness (QED) is 0.172. The summed E-state index contributed by atoms with van der Waals surface area (Å²) in [6.45, 7) is 0. The van der Waals surface area contributed by atoms with E-state index in [0.717, 1.165) is 33.0 Å². The lowest BCUT2D eigenvalue weighted by atomic mass is 9.99. The van der Waals surface area contributed by atoms with Gasteiger partial charge in [-0.15, -0.1) is 0 Å². The fraction of sp³-hybridized carbons (Fsp3) is 0. The van der Waals surface area contributed by atoms with E-state index in [-0.39, 0.29) is 34.0 Å².